The number of sulfonamides is 1. The molecule has 8 heteroatoms. The minimum absolute atomic E-state index is 0.0569. The van der Waals surface area contributed by atoms with Crippen LogP contribution in [-0.2, 0) is 21.2 Å². The zero-order chi connectivity index (χ0) is 20.0. The molecule has 0 bridgehead atoms. The SMILES string of the molecule is CS(=O)(=O)N(CCCN1CCCC1)C1CCCN(C(=O)Cc2ccncc2)C1. The Labute approximate surface area is 168 Å². The van der Waals surface area contributed by atoms with Gasteiger partial charge in [-0.15, -0.1) is 0 Å². The van der Waals surface area contributed by atoms with E-state index in [1.54, 1.807) is 16.7 Å². The first-order valence-electron chi connectivity index (χ1n) is 10.3. The van der Waals surface area contributed by atoms with Crippen molar-refractivity contribution >= 4 is 15.9 Å². The van der Waals surface area contributed by atoms with Gasteiger partial charge in [0, 0.05) is 38.1 Å². The summed E-state index contributed by atoms with van der Waals surface area (Å²) in [4.78, 5) is 20.9. The minimum atomic E-state index is -3.30. The first-order valence-corrected chi connectivity index (χ1v) is 12.1. The maximum Gasteiger partial charge on any atom is 0.227 e. The maximum absolute atomic E-state index is 12.7. The van der Waals surface area contributed by atoms with Gasteiger partial charge in [0.05, 0.1) is 12.7 Å². The average Bonchev–Trinajstić information content (AvgIpc) is 3.18. The van der Waals surface area contributed by atoms with E-state index in [1.807, 2.05) is 17.0 Å². The van der Waals surface area contributed by atoms with Gasteiger partial charge < -0.3 is 9.80 Å². The number of hydrogen-bond donors (Lipinski definition) is 0. The molecule has 1 atom stereocenters. The molecular weight excluding hydrogens is 376 g/mol. The summed E-state index contributed by atoms with van der Waals surface area (Å²) in [7, 11) is -3.30. The minimum Gasteiger partial charge on any atom is -0.341 e. The van der Waals surface area contributed by atoms with Gasteiger partial charge in [0.2, 0.25) is 15.9 Å². The van der Waals surface area contributed by atoms with E-state index in [4.69, 9.17) is 0 Å². The topological polar surface area (TPSA) is 73.8 Å². The predicted molar refractivity (Wildman–Crippen MR) is 109 cm³/mol. The molecule has 1 aromatic heterocycles. The molecule has 1 unspecified atom stereocenters. The quantitative estimate of drug-likeness (QED) is 0.649. The first-order chi connectivity index (χ1) is 13.4. The lowest BCUT2D eigenvalue weighted by atomic mass is 10.0. The van der Waals surface area contributed by atoms with E-state index >= 15 is 0 Å². The molecule has 2 saturated heterocycles. The van der Waals surface area contributed by atoms with Crippen molar-refractivity contribution in [3.8, 4) is 0 Å². The second kappa shape index (κ2) is 9.80. The second-order valence-corrected chi connectivity index (χ2v) is 9.88. The molecule has 0 spiro atoms. The Balaban J connectivity index is 1.57. The van der Waals surface area contributed by atoms with E-state index in [9.17, 15) is 13.2 Å². The molecule has 2 aliphatic rings. The zero-order valence-corrected chi connectivity index (χ0v) is 17.6. The average molecular weight is 409 g/mol. The highest BCUT2D eigenvalue weighted by Gasteiger charge is 2.32. The van der Waals surface area contributed by atoms with Crippen molar-refractivity contribution in [2.24, 2.45) is 0 Å². The molecular formula is C20H32N4O3S. The molecule has 0 aliphatic carbocycles. The summed E-state index contributed by atoms with van der Waals surface area (Å²) in [5.41, 5.74) is 0.938. The van der Waals surface area contributed by atoms with Crippen molar-refractivity contribution in [2.45, 2.75) is 44.6 Å². The van der Waals surface area contributed by atoms with Crippen molar-refractivity contribution in [3.05, 3.63) is 30.1 Å². The summed E-state index contributed by atoms with van der Waals surface area (Å²) in [6.45, 7) is 4.92. The first kappa shape index (κ1) is 21.2. The smallest absolute Gasteiger partial charge is 0.227 e. The van der Waals surface area contributed by atoms with Crippen LogP contribution in [0.2, 0.25) is 0 Å². The zero-order valence-electron chi connectivity index (χ0n) is 16.8. The molecule has 1 amide bonds. The van der Waals surface area contributed by atoms with Gasteiger partial charge in [0.25, 0.3) is 0 Å². The number of hydrogen-bond acceptors (Lipinski definition) is 5. The fraction of sp³-hybridized carbons (Fsp3) is 0.700. The Morgan fingerprint density at radius 1 is 1.18 bits per heavy atom. The van der Waals surface area contributed by atoms with E-state index in [-0.39, 0.29) is 11.9 Å². The Bertz CT molecular complexity index is 735. The summed E-state index contributed by atoms with van der Waals surface area (Å²) in [6, 6.07) is 3.57. The van der Waals surface area contributed by atoms with Gasteiger partial charge in [-0.2, -0.15) is 4.31 Å². The second-order valence-electron chi connectivity index (χ2n) is 7.94. The third kappa shape index (κ3) is 5.99. The number of piperidine rings is 1. The fourth-order valence-electron chi connectivity index (χ4n) is 4.28. The summed E-state index contributed by atoms with van der Waals surface area (Å²) in [6.07, 6.45) is 9.99. The molecule has 1 aromatic rings. The largest absolute Gasteiger partial charge is 0.341 e. The van der Waals surface area contributed by atoms with Crippen LogP contribution < -0.4 is 0 Å². The Morgan fingerprint density at radius 3 is 2.57 bits per heavy atom. The van der Waals surface area contributed by atoms with Crippen LogP contribution in [0, 0.1) is 0 Å². The summed E-state index contributed by atoms with van der Waals surface area (Å²) in [5.74, 6) is 0.0569. The van der Waals surface area contributed by atoms with Gasteiger partial charge in [-0.25, -0.2) is 8.42 Å². The molecule has 3 heterocycles. The Morgan fingerprint density at radius 2 is 1.89 bits per heavy atom. The van der Waals surface area contributed by atoms with Crippen LogP contribution in [0.5, 0.6) is 0 Å². The molecule has 156 valence electrons. The molecule has 7 nitrogen and oxygen atoms in total. The lowest BCUT2D eigenvalue weighted by Crippen LogP contribution is -2.52. The normalized spacial score (nSPS) is 21.4. The Kier molecular flexibility index (Phi) is 7.42. The van der Waals surface area contributed by atoms with Crippen LogP contribution in [0.25, 0.3) is 0 Å². The fourth-order valence-corrected chi connectivity index (χ4v) is 5.45. The van der Waals surface area contributed by atoms with Crippen LogP contribution >= 0.6 is 0 Å². The highest BCUT2D eigenvalue weighted by molar-refractivity contribution is 7.88. The van der Waals surface area contributed by atoms with E-state index in [0.29, 0.717) is 26.1 Å². The van der Waals surface area contributed by atoms with Crippen LogP contribution in [0.1, 0.15) is 37.7 Å². The number of aromatic nitrogens is 1. The lowest BCUT2D eigenvalue weighted by Gasteiger charge is -2.38. The van der Waals surface area contributed by atoms with Crippen molar-refractivity contribution < 1.29 is 13.2 Å². The van der Waals surface area contributed by atoms with Crippen LogP contribution in [0.15, 0.2) is 24.5 Å². The van der Waals surface area contributed by atoms with Gasteiger partial charge in [0.15, 0.2) is 0 Å². The molecule has 2 aliphatic heterocycles. The number of likely N-dealkylation sites (tertiary alicyclic amines) is 2. The van der Waals surface area contributed by atoms with Crippen molar-refractivity contribution in [1.29, 1.82) is 0 Å². The molecule has 0 N–H and O–H groups in total. The third-order valence-electron chi connectivity index (χ3n) is 5.74. The third-order valence-corrected chi connectivity index (χ3v) is 7.07. The number of pyridine rings is 1. The lowest BCUT2D eigenvalue weighted by molar-refractivity contribution is -0.132. The summed E-state index contributed by atoms with van der Waals surface area (Å²) >= 11 is 0. The Hall–Kier alpha value is -1.51. The molecule has 3 rings (SSSR count). The van der Waals surface area contributed by atoms with Crippen LogP contribution in [-0.4, -0.2) is 85.0 Å². The highest BCUT2D eigenvalue weighted by atomic mass is 32.2. The molecule has 0 radical (unpaired) electrons. The molecule has 28 heavy (non-hydrogen) atoms. The van der Waals surface area contributed by atoms with Gasteiger partial charge in [-0.05, 0) is 69.4 Å². The molecule has 2 fully saturated rings. The van der Waals surface area contributed by atoms with E-state index in [0.717, 1.165) is 44.5 Å². The molecule has 0 aromatic carbocycles. The van der Waals surface area contributed by atoms with Gasteiger partial charge in [-0.3, -0.25) is 9.78 Å². The summed E-state index contributed by atoms with van der Waals surface area (Å²) in [5, 5.41) is 0. The van der Waals surface area contributed by atoms with E-state index < -0.39 is 10.0 Å². The van der Waals surface area contributed by atoms with Crippen LogP contribution in [0.3, 0.4) is 0 Å². The number of carbonyl (C=O) groups excluding carboxylic acids is 1. The number of nitrogens with zero attached hydrogens (tertiary/aromatic N) is 4. The molecule has 0 saturated carbocycles. The highest BCUT2D eigenvalue weighted by Crippen LogP contribution is 2.20. The standard InChI is InChI=1S/C20H32N4O3S/c1-28(26,27)24(15-5-13-22-11-2-3-12-22)19-6-4-14-23(17-19)20(25)16-18-7-9-21-10-8-18/h7-10,19H,2-6,11-17H2,1H3. The predicted octanol–water partition coefficient (Wildman–Crippen LogP) is 1.36. The maximum atomic E-state index is 12.7. The van der Waals surface area contributed by atoms with Crippen LogP contribution in [0.4, 0.5) is 0 Å². The van der Waals surface area contributed by atoms with Gasteiger partial charge >= 0.3 is 0 Å². The van der Waals surface area contributed by atoms with Crippen molar-refractivity contribution in [1.82, 2.24) is 19.1 Å². The van der Waals surface area contributed by atoms with Crippen molar-refractivity contribution in [2.75, 3.05) is 45.5 Å². The van der Waals surface area contributed by atoms with E-state index in [1.165, 1.54) is 19.1 Å². The monoisotopic (exact) mass is 408 g/mol. The van der Waals surface area contributed by atoms with E-state index in [2.05, 4.69) is 9.88 Å². The summed E-state index contributed by atoms with van der Waals surface area (Å²) < 4.78 is 26.5. The number of carbonyl (C=O) groups is 1. The van der Waals surface area contributed by atoms with Gasteiger partial charge in [0.1, 0.15) is 0 Å². The number of amides is 1. The number of rotatable bonds is 8. The van der Waals surface area contributed by atoms with Gasteiger partial charge in [-0.1, -0.05) is 0 Å². The van der Waals surface area contributed by atoms with Crippen molar-refractivity contribution in [3.63, 3.8) is 0 Å².